The Labute approximate surface area is 137 Å². The Balaban J connectivity index is 2.76. The standard InChI is InChI=1S/C16H27NO6/c1-6-22-13(19)16(8-9-16)11-17(10-7-12(18)21-5)14(20)23-15(2,3)4/h6-11H2,1-5H3. The van der Waals surface area contributed by atoms with E-state index in [0.29, 0.717) is 19.4 Å². The molecule has 0 unspecified atom stereocenters. The highest BCUT2D eigenvalue weighted by molar-refractivity contribution is 5.81. The van der Waals surface area contributed by atoms with Crippen LogP contribution in [0.5, 0.6) is 0 Å². The van der Waals surface area contributed by atoms with E-state index < -0.39 is 23.1 Å². The molecule has 1 fully saturated rings. The maximum atomic E-state index is 12.3. The van der Waals surface area contributed by atoms with Crippen LogP contribution in [0.4, 0.5) is 4.79 Å². The van der Waals surface area contributed by atoms with E-state index in [1.54, 1.807) is 27.7 Å². The van der Waals surface area contributed by atoms with Gasteiger partial charge in [-0.1, -0.05) is 0 Å². The fourth-order valence-corrected chi connectivity index (χ4v) is 2.12. The van der Waals surface area contributed by atoms with Crippen molar-refractivity contribution in [1.82, 2.24) is 4.90 Å². The second-order valence-corrected chi connectivity index (χ2v) is 6.73. The minimum absolute atomic E-state index is 0.0502. The third kappa shape index (κ3) is 6.08. The van der Waals surface area contributed by atoms with Crippen molar-refractivity contribution in [3.8, 4) is 0 Å². The van der Waals surface area contributed by atoms with Gasteiger partial charge >= 0.3 is 18.0 Å². The van der Waals surface area contributed by atoms with E-state index in [4.69, 9.17) is 9.47 Å². The molecule has 1 rings (SSSR count). The lowest BCUT2D eigenvalue weighted by molar-refractivity contribution is -0.150. The molecule has 1 saturated carbocycles. The Morgan fingerprint density at radius 2 is 1.78 bits per heavy atom. The van der Waals surface area contributed by atoms with Crippen LogP contribution in [0.3, 0.4) is 0 Å². The zero-order chi connectivity index (χ0) is 17.7. The van der Waals surface area contributed by atoms with Crippen molar-refractivity contribution in [3.05, 3.63) is 0 Å². The van der Waals surface area contributed by atoms with Crippen molar-refractivity contribution in [3.63, 3.8) is 0 Å². The Morgan fingerprint density at radius 3 is 2.22 bits per heavy atom. The summed E-state index contributed by atoms with van der Waals surface area (Å²) in [5.41, 5.74) is -1.32. The first-order valence-electron chi connectivity index (χ1n) is 7.85. The van der Waals surface area contributed by atoms with E-state index in [-0.39, 0.29) is 25.5 Å². The van der Waals surface area contributed by atoms with E-state index in [1.165, 1.54) is 12.0 Å². The Morgan fingerprint density at radius 1 is 1.17 bits per heavy atom. The van der Waals surface area contributed by atoms with Gasteiger partial charge in [-0.2, -0.15) is 0 Å². The Kier molecular flexibility index (Phi) is 6.41. The highest BCUT2D eigenvalue weighted by Gasteiger charge is 2.53. The lowest BCUT2D eigenvalue weighted by Crippen LogP contribution is -2.43. The van der Waals surface area contributed by atoms with Crippen molar-refractivity contribution in [2.24, 2.45) is 5.41 Å². The molecule has 0 N–H and O–H groups in total. The van der Waals surface area contributed by atoms with Gasteiger partial charge in [-0.25, -0.2) is 4.79 Å². The van der Waals surface area contributed by atoms with E-state index in [1.807, 2.05) is 0 Å². The number of carbonyl (C=O) groups excluding carboxylic acids is 3. The molecule has 23 heavy (non-hydrogen) atoms. The Bertz CT molecular complexity index is 450. The molecule has 7 nitrogen and oxygen atoms in total. The van der Waals surface area contributed by atoms with Crippen LogP contribution in [0.1, 0.15) is 47.0 Å². The van der Waals surface area contributed by atoms with Crippen molar-refractivity contribution in [2.75, 3.05) is 26.8 Å². The summed E-state index contributed by atoms with van der Waals surface area (Å²) in [6.45, 7) is 7.68. The van der Waals surface area contributed by atoms with Crippen molar-refractivity contribution in [2.45, 2.75) is 52.6 Å². The molecule has 0 aliphatic heterocycles. The molecule has 0 aromatic carbocycles. The number of rotatable bonds is 7. The van der Waals surface area contributed by atoms with Crippen LogP contribution >= 0.6 is 0 Å². The first kappa shape index (κ1) is 19.3. The van der Waals surface area contributed by atoms with Gasteiger partial charge in [0.15, 0.2) is 0 Å². The lowest BCUT2D eigenvalue weighted by atomic mass is 10.1. The van der Waals surface area contributed by atoms with E-state index in [0.717, 1.165) is 0 Å². The summed E-state index contributed by atoms with van der Waals surface area (Å²) in [5, 5.41) is 0. The van der Waals surface area contributed by atoms with Gasteiger partial charge in [-0.3, -0.25) is 9.59 Å². The number of amides is 1. The predicted molar refractivity (Wildman–Crippen MR) is 82.7 cm³/mol. The molecule has 0 aromatic heterocycles. The van der Waals surface area contributed by atoms with Crippen LogP contribution in [0.15, 0.2) is 0 Å². The number of hydrogen-bond donors (Lipinski definition) is 0. The fraction of sp³-hybridized carbons (Fsp3) is 0.812. The predicted octanol–water partition coefficient (Wildman–Crippen LogP) is 2.13. The monoisotopic (exact) mass is 329 g/mol. The molecule has 1 aliphatic rings. The molecule has 0 aromatic rings. The van der Waals surface area contributed by atoms with Crippen LogP contribution in [-0.2, 0) is 23.8 Å². The molecule has 0 bridgehead atoms. The Hall–Kier alpha value is -1.79. The molecule has 0 heterocycles. The first-order chi connectivity index (χ1) is 10.6. The quantitative estimate of drug-likeness (QED) is 0.526. The zero-order valence-electron chi connectivity index (χ0n) is 14.6. The summed E-state index contributed by atoms with van der Waals surface area (Å²) >= 11 is 0. The van der Waals surface area contributed by atoms with Crippen molar-refractivity contribution >= 4 is 18.0 Å². The van der Waals surface area contributed by atoms with Crippen LogP contribution in [0.25, 0.3) is 0 Å². The third-order valence-corrected chi connectivity index (χ3v) is 3.52. The van der Waals surface area contributed by atoms with Gasteiger partial charge in [0.2, 0.25) is 0 Å². The molecule has 1 aliphatic carbocycles. The maximum absolute atomic E-state index is 12.3. The highest BCUT2D eigenvalue weighted by Crippen LogP contribution is 2.47. The lowest BCUT2D eigenvalue weighted by Gasteiger charge is -2.29. The van der Waals surface area contributed by atoms with Gasteiger partial charge in [-0.15, -0.1) is 0 Å². The maximum Gasteiger partial charge on any atom is 0.410 e. The van der Waals surface area contributed by atoms with Crippen LogP contribution in [0, 0.1) is 5.41 Å². The number of ether oxygens (including phenoxy) is 3. The summed E-state index contributed by atoms with van der Waals surface area (Å²) in [6.07, 6.45) is 0.846. The molecule has 0 radical (unpaired) electrons. The van der Waals surface area contributed by atoms with Crippen molar-refractivity contribution < 1.29 is 28.6 Å². The van der Waals surface area contributed by atoms with Crippen molar-refractivity contribution in [1.29, 1.82) is 0 Å². The highest BCUT2D eigenvalue weighted by atomic mass is 16.6. The first-order valence-corrected chi connectivity index (χ1v) is 7.85. The van der Waals surface area contributed by atoms with Crippen LogP contribution < -0.4 is 0 Å². The second kappa shape index (κ2) is 7.66. The van der Waals surface area contributed by atoms with Gasteiger partial charge in [0.05, 0.1) is 25.6 Å². The summed E-state index contributed by atoms with van der Waals surface area (Å²) in [4.78, 5) is 37.2. The molecule has 0 atom stereocenters. The van der Waals surface area contributed by atoms with Gasteiger partial charge in [-0.05, 0) is 40.5 Å². The van der Waals surface area contributed by atoms with Gasteiger partial charge in [0, 0.05) is 13.1 Å². The number of hydrogen-bond acceptors (Lipinski definition) is 6. The van der Waals surface area contributed by atoms with Crippen LogP contribution in [0.2, 0.25) is 0 Å². The average Bonchev–Trinajstić information content (AvgIpc) is 3.22. The molecule has 0 spiro atoms. The minimum atomic E-state index is -0.664. The van der Waals surface area contributed by atoms with Gasteiger partial charge in [0.1, 0.15) is 5.60 Å². The second-order valence-electron chi connectivity index (χ2n) is 6.73. The molecule has 132 valence electrons. The molecule has 0 saturated heterocycles. The third-order valence-electron chi connectivity index (χ3n) is 3.52. The topological polar surface area (TPSA) is 82.1 Å². The van der Waals surface area contributed by atoms with Gasteiger partial charge < -0.3 is 19.1 Å². The fourth-order valence-electron chi connectivity index (χ4n) is 2.12. The largest absolute Gasteiger partial charge is 0.469 e. The number of carbonyl (C=O) groups is 3. The van der Waals surface area contributed by atoms with E-state index in [2.05, 4.69) is 4.74 Å². The summed E-state index contributed by atoms with van der Waals surface area (Å²) in [7, 11) is 1.29. The average molecular weight is 329 g/mol. The van der Waals surface area contributed by atoms with E-state index in [9.17, 15) is 14.4 Å². The molecular weight excluding hydrogens is 302 g/mol. The summed E-state index contributed by atoms with van der Waals surface area (Å²) in [5.74, 6) is -0.717. The SMILES string of the molecule is CCOC(=O)C1(CN(CCC(=O)OC)C(=O)OC(C)(C)C)CC1. The van der Waals surface area contributed by atoms with E-state index >= 15 is 0 Å². The molecule has 7 heteroatoms. The zero-order valence-corrected chi connectivity index (χ0v) is 14.6. The minimum Gasteiger partial charge on any atom is -0.469 e. The summed E-state index contributed by atoms with van der Waals surface area (Å²) in [6, 6.07) is 0. The summed E-state index contributed by atoms with van der Waals surface area (Å²) < 4.78 is 15.1. The number of esters is 2. The smallest absolute Gasteiger partial charge is 0.410 e. The van der Waals surface area contributed by atoms with Crippen LogP contribution in [-0.4, -0.2) is 55.3 Å². The molecular formula is C16H27NO6. The number of methoxy groups -OCH3 is 1. The number of nitrogens with zero attached hydrogens (tertiary/aromatic N) is 1. The van der Waals surface area contributed by atoms with Gasteiger partial charge in [0.25, 0.3) is 0 Å². The normalized spacial score (nSPS) is 15.5. The molecule has 1 amide bonds.